The summed E-state index contributed by atoms with van der Waals surface area (Å²) in [5.41, 5.74) is 0. The lowest BCUT2D eigenvalue weighted by Gasteiger charge is -2.26. The van der Waals surface area contributed by atoms with Crippen LogP contribution in [0.2, 0.25) is 0 Å². The van der Waals surface area contributed by atoms with Gasteiger partial charge in [0.2, 0.25) is 0 Å². The molecule has 1 rings (SSSR count). The molecule has 0 amide bonds. The minimum Gasteiger partial charge on any atom is -0.298 e. The van der Waals surface area contributed by atoms with Gasteiger partial charge in [-0.3, -0.25) is 9.69 Å². The Morgan fingerprint density at radius 2 is 2.12 bits per heavy atom. The van der Waals surface area contributed by atoms with E-state index in [-0.39, 0.29) is 5.92 Å². The van der Waals surface area contributed by atoms with Crippen LogP contribution < -0.4 is 0 Å². The number of carbonyl (C=O) groups is 1. The summed E-state index contributed by atoms with van der Waals surface area (Å²) in [6, 6.07) is 4.60. The van der Waals surface area contributed by atoms with Crippen molar-refractivity contribution in [2.24, 2.45) is 5.92 Å². The van der Waals surface area contributed by atoms with Gasteiger partial charge < -0.3 is 0 Å². The maximum atomic E-state index is 12.0. The second-order valence-electron chi connectivity index (χ2n) is 4.85. The van der Waals surface area contributed by atoms with Crippen molar-refractivity contribution in [1.82, 2.24) is 4.90 Å². The van der Waals surface area contributed by atoms with Crippen molar-refractivity contribution in [2.45, 2.75) is 46.7 Å². The Hall–Kier alpha value is -0.670. The summed E-state index contributed by atoms with van der Waals surface area (Å²) in [5, 5.41) is 2.09. The van der Waals surface area contributed by atoms with E-state index in [1.807, 2.05) is 6.92 Å². The molecular formula is C14H23NOS. The van der Waals surface area contributed by atoms with Crippen LogP contribution in [-0.2, 0) is 11.3 Å². The average molecular weight is 253 g/mol. The summed E-state index contributed by atoms with van der Waals surface area (Å²) in [5.74, 6) is 0.539. The third-order valence-corrected chi connectivity index (χ3v) is 4.05. The van der Waals surface area contributed by atoms with Gasteiger partial charge in [0.25, 0.3) is 0 Å². The van der Waals surface area contributed by atoms with E-state index in [1.165, 1.54) is 4.88 Å². The molecule has 1 aromatic heterocycles. The Morgan fingerprint density at radius 3 is 2.59 bits per heavy atom. The van der Waals surface area contributed by atoms with Crippen LogP contribution in [0.4, 0.5) is 0 Å². The Morgan fingerprint density at radius 1 is 1.41 bits per heavy atom. The molecule has 0 bridgehead atoms. The number of ketones is 1. The first-order chi connectivity index (χ1) is 8.04. The SMILES string of the molecule is CCC(C)C(=O)CN(Cc1cccs1)C(C)C. The van der Waals surface area contributed by atoms with Gasteiger partial charge in [-0.2, -0.15) is 0 Å². The number of nitrogens with zero attached hydrogens (tertiary/aromatic N) is 1. The number of thiophene rings is 1. The minimum atomic E-state index is 0.180. The predicted octanol–water partition coefficient (Wildman–Crippen LogP) is 3.57. The van der Waals surface area contributed by atoms with Crippen LogP contribution >= 0.6 is 11.3 Å². The molecule has 1 atom stereocenters. The summed E-state index contributed by atoms with van der Waals surface area (Å²) >= 11 is 1.76. The summed E-state index contributed by atoms with van der Waals surface area (Å²) < 4.78 is 0. The molecule has 1 heterocycles. The lowest BCUT2D eigenvalue weighted by atomic mass is 10.0. The molecular weight excluding hydrogens is 230 g/mol. The van der Waals surface area contributed by atoms with Crippen molar-refractivity contribution < 1.29 is 4.79 Å². The fourth-order valence-corrected chi connectivity index (χ4v) is 2.34. The van der Waals surface area contributed by atoms with Crippen molar-refractivity contribution in [3.63, 3.8) is 0 Å². The highest BCUT2D eigenvalue weighted by molar-refractivity contribution is 7.09. The molecule has 1 aromatic rings. The van der Waals surface area contributed by atoms with Crippen LogP contribution in [0.15, 0.2) is 17.5 Å². The number of hydrogen-bond acceptors (Lipinski definition) is 3. The van der Waals surface area contributed by atoms with E-state index in [2.05, 4.69) is 43.2 Å². The number of hydrogen-bond donors (Lipinski definition) is 0. The van der Waals surface area contributed by atoms with E-state index < -0.39 is 0 Å². The zero-order chi connectivity index (χ0) is 12.8. The lowest BCUT2D eigenvalue weighted by molar-refractivity contribution is -0.124. The molecule has 0 saturated heterocycles. The summed E-state index contributed by atoms with van der Waals surface area (Å²) in [6.07, 6.45) is 0.934. The van der Waals surface area contributed by atoms with Gasteiger partial charge in [0.1, 0.15) is 5.78 Å². The fourth-order valence-electron chi connectivity index (χ4n) is 1.61. The van der Waals surface area contributed by atoms with Gasteiger partial charge in [0.15, 0.2) is 0 Å². The molecule has 0 aliphatic heterocycles. The highest BCUT2D eigenvalue weighted by Crippen LogP contribution is 2.15. The summed E-state index contributed by atoms with van der Waals surface area (Å²) in [6.45, 7) is 9.85. The average Bonchev–Trinajstić information content (AvgIpc) is 2.79. The van der Waals surface area contributed by atoms with Gasteiger partial charge in [-0.1, -0.05) is 19.9 Å². The maximum Gasteiger partial charge on any atom is 0.149 e. The van der Waals surface area contributed by atoms with Crippen molar-refractivity contribution in [3.8, 4) is 0 Å². The van der Waals surface area contributed by atoms with Crippen LogP contribution in [0, 0.1) is 5.92 Å². The van der Waals surface area contributed by atoms with Crippen LogP contribution in [0.1, 0.15) is 39.0 Å². The first-order valence-corrected chi connectivity index (χ1v) is 7.21. The van der Waals surface area contributed by atoms with Crippen molar-refractivity contribution >= 4 is 17.1 Å². The standard InChI is InChI=1S/C14H23NOS/c1-5-12(4)14(16)10-15(11(2)3)9-13-7-6-8-17-13/h6-8,11-12H,5,9-10H2,1-4H3. The van der Waals surface area contributed by atoms with Gasteiger partial charge in [-0.25, -0.2) is 0 Å². The van der Waals surface area contributed by atoms with E-state index in [1.54, 1.807) is 11.3 Å². The normalized spacial score (nSPS) is 13.3. The van der Waals surface area contributed by atoms with Gasteiger partial charge in [-0.05, 0) is 31.7 Å². The minimum absolute atomic E-state index is 0.180. The second kappa shape index (κ2) is 6.92. The third-order valence-electron chi connectivity index (χ3n) is 3.19. The van der Waals surface area contributed by atoms with Crippen LogP contribution in [0.3, 0.4) is 0 Å². The van der Waals surface area contributed by atoms with E-state index in [9.17, 15) is 4.79 Å². The first-order valence-electron chi connectivity index (χ1n) is 6.33. The molecule has 0 aliphatic rings. The van der Waals surface area contributed by atoms with Crippen molar-refractivity contribution in [3.05, 3.63) is 22.4 Å². The van der Waals surface area contributed by atoms with Crippen LogP contribution in [-0.4, -0.2) is 23.3 Å². The van der Waals surface area contributed by atoms with Gasteiger partial charge in [0, 0.05) is 23.4 Å². The molecule has 0 N–H and O–H groups in total. The molecule has 96 valence electrons. The van der Waals surface area contributed by atoms with E-state index in [0.717, 1.165) is 13.0 Å². The summed E-state index contributed by atoms with van der Waals surface area (Å²) in [4.78, 5) is 15.6. The molecule has 17 heavy (non-hydrogen) atoms. The monoisotopic (exact) mass is 253 g/mol. The molecule has 0 saturated carbocycles. The third kappa shape index (κ3) is 4.60. The molecule has 0 fully saturated rings. The molecule has 0 spiro atoms. The second-order valence-corrected chi connectivity index (χ2v) is 5.89. The maximum absolute atomic E-state index is 12.0. The summed E-state index contributed by atoms with van der Waals surface area (Å²) in [7, 11) is 0. The Bertz CT molecular complexity index is 332. The first kappa shape index (κ1) is 14.4. The van der Waals surface area contributed by atoms with Crippen molar-refractivity contribution in [2.75, 3.05) is 6.54 Å². The quantitative estimate of drug-likeness (QED) is 0.740. The number of carbonyl (C=O) groups excluding carboxylic acids is 1. The zero-order valence-corrected chi connectivity index (χ0v) is 12.1. The van der Waals surface area contributed by atoms with E-state index >= 15 is 0 Å². The number of rotatable bonds is 7. The van der Waals surface area contributed by atoms with E-state index in [0.29, 0.717) is 18.4 Å². The molecule has 1 unspecified atom stereocenters. The zero-order valence-electron chi connectivity index (χ0n) is 11.3. The number of Topliss-reactive ketones (excluding diaryl/α,β-unsaturated/α-hetero) is 1. The lowest BCUT2D eigenvalue weighted by Crippen LogP contribution is -2.36. The van der Waals surface area contributed by atoms with Crippen LogP contribution in [0.5, 0.6) is 0 Å². The van der Waals surface area contributed by atoms with Gasteiger partial charge in [-0.15, -0.1) is 11.3 Å². The van der Waals surface area contributed by atoms with Gasteiger partial charge >= 0.3 is 0 Å². The Labute approximate surface area is 109 Å². The topological polar surface area (TPSA) is 20.3 Å². The highest BCUT2D eigenvalue weighted by atomic mass is 32.1. The van der Waals surface area contributed by atoms with E-state index in [4.69, 9.17) is 0 Å². The molecule has 2 nitrogen and oxygen atoms in total. The Kier molecular flexibility index (Phi) is 5.86. The molecule has 0 radical (unpaired) electrons. The predicted molar refractivity (Wildman–Crippen MR) is 74.3 cm³/mol. The highest BCUT2D eigenvalue weighted by Gasteiger charge is 2.18. The smallest absolute Gasteiger partial charge is 0.149 e. The molecule has 3 heteroatoms. The molecule has 0 aromatic carbocycles. The van der Waals surface area contributed by atoms with Crippen molar-refractivity contribution in [1.29, 1.82) is 0 Å². The fraction of sp³-hybridized carbons (Fsp3) is 0.643. The van der Waals surface area contributed by atoms with Crippen LogP contribution in [0.25, 0.3) is 0 Å². The Balaban J connectivity index is 2.58. The van der Waals surface area contributed by atoms with Gasteiger partial charge in [0.05, 0.1) is 6.54 Å². The largest absolute Gasteiger partial charge is 0.298 e. The molecule has 0 aliphatic carbocycles.